The van der Waals surface area contributed by atoms with Crippen LogP contribution in [0.2, 0.25) is 0 Å². The molecule has 0 spiro atoms. The summed E-state index contributed by atoms with van der Waals surface area (Å²) >= 11 is 0. The predicted octanol–water partition coefficient (Wildman–Crippen LogP) is 2.09. The minimum atomic E-state index is -3.73. The van der Waals surface area contributed by atoms with Crippen LogP contribution in [0.3, 0.4) is 0 Å². The molecule has 29 heavy (non-hydrogen) atoms. The fraction of sp³-hybridized carbons (Fsp3) is 0.316. The molecule has 1 fully saturated rings. The van der Waals surface area contributed by atoms with Crippen molar-refractivity contribution in [3.05, 3.63) is 53.5 Å². The van der Waals surface area contributed by atoms with E-state index in [-0.39, 0.29) is 29.1 Å². The number of likely N-dealkylation sites (tertiary alicyclic amines) is 1. The molecule has 0 bridgehead atoms. The molecule has 10 heteroatoms. The number of amides is 1. The Bertz CT molecular complexity index is 1130. The van der Waals surface area contributed by atoms with Gasteiger partial charge in [-0.2, -0.15) is 0 Å². The van der Waals surface area contributed by atoms with Crippen LogP contribution in [-0.2, 0) is 16.6 Å². The Kier molecular flexibility index (Phi) is 5.20. The van der Waals surface area contributed by atoms with Gasteiger partial charge in [0.05, 0.1) is 0 Å². The van der Waals surface area contributed by atoms with Crippen molar-refractivity contribution >= 4 is 15.9 Å². The largest absolute Gasteiger partial charge is 0.411 e. The maximum atomic E-state index is 12.6. The van der Waals surface area contributed by atoms with E-state index >= 15 is 0 Å². The number of carbonyl (C=O) groups excluding carboxylic acids is 1. The van der Waals surface area contributed by atoms with Crippen LogP contribution < -0.4 is 4.72 Å². The van der Waals surface area contributed by atoms with E-state index < -0.39 is 10.0 Å². The summed E-state index contributed by atoms with van der Waals surface area (Å²) in [5.41, 5.74) is 2.23. The number of hydrogen-bond acceptors (Lipinski definition) is 6. The highest BCUT2D eigenvalue weighted by Crippen LogP contribution is 2.22. The van der Waals surface area contributed by atoms with Crippen LogP contribution in [0.25, 0.3) is 11.6 Å². The molecule has 1 aromatic carbocycles. The van der Waals surface area contributed by atoms with Gasteiger partial charge in [-0.25, -0.2) is 13.1 Å². The van der Waals surface area contributed by atoms with Crippen molar-refractivity contribution in [2.75, 3.05) is 13.1 Å². The third-order valence-corrected chi connectivity index (χ3v) is 6.29. The van der Waals surface area contributed by atoms with E-state index in [0.29, 0.717) is 18.8 Å². The minimum Gasteiger partial charge on any atom is -0.411 e. The van der Waals surface area contributed by atoms with Crippen molar-refractivity contribution in [3.8, 4) is 11.6 Å². The molecule has 0 aliphatic carbocycles. The molecule has 2 N–H and O–H groups in total. The second-order valence-electron chi connectivity index (χ2n) is 6.91. The first-order valence-electron chi connectivity index (χ1n) is 9.30. The second kappa shape index (κ2) is 7.80. The smallest absolute Gasteiger partial charge is 0.311 e. The summed E-state index contributed by atoms with van der Waals surface area (Å²) < 4.78 is 33.2. The molecule has 0 radical (unpaired) electrons. The van der Waals surface area contributed by atoms with Gasteiger partial charge in [-0.15, -0.1) is 10.2 Å². The van der Waals surface area contributed by atoms with E-state index in [2.05, 4.69) is 19.9 Å². The molecule has 0 atom stereocenters. The highest BCUT2D eigenvalue weighted by Gasteiger charge is 2.25. The van der Waals surface area contributed by atoms with Gasteiger partial charge in [-0.1, -0.05) is 24.3 Å². The average Bonchev–Trinajstić information content (AvgIpc) is 3.48. The number of aromatic amines is 1. The zero-order valence-corrected chi connectivity index (χ0v) is 16.7. The second-order valence-corrected chi connectivity index (χ2v) is 8.68. The zero-order valence-electron chi connectivity index (χ0n) is 15.9. The number of benzene rings is 1. The molecule has 4 rings (SSSR count). The van der Waals surface area contributed by atoms with Crippen molar-refractivity contribution in [2.45, 2.75) is 31.2 Å². The maximum absolute atomic E-state index is 12.6. The SMILES string of the molecule is Cc1ccccc1CNS(=O)(=O)c1c[nH]c(-c2nnc(C(=O)N3CCCC3)o2)c1. The number of nitrogens with zero attached hydrogens (tertiary/aromatic N) is 3. The van der Waals surface area contributed by atoms with Crippen LogP contribution in [0.4, 0.5) is 0 Å². The number of nitrogens with one attached hydrogen (secondary N) is 2. The van der Waals surface area contributed by atoms with Gasteiger partial charge in [-0.05, 0) is 37.0 Å². The number of aryl methyl sites for hydroxylation is 1. The first kappa shape index (κ1) is 19.3. The Morgan fingerprint density at radius 3 is 2.76 bits per heavy atom. The quantitative estimate of drug-likeness (QED) is 0.636. The number of aromatic nitrogens is 3. The van der Waals surface area contributed by atoms with Crippen LogP contribution in [0.1, 0.15) is 34.7 Å². The maximum Gasteiger partial charge on any atom is 0.311 e. The van der Waals surface area contributed by atoms with Gasteiger partial charge < -0.3 is 14.3 Å². The Morgan fingerprint density at radius 1 is 1.24 bits per heavy atom. The van der Waals surface area contributed by atoms with Gasteiger partial charge in [-0.3, -0.25) is 4.79 Å². The first-order chi connectivity index (χ1) is 13.9. The van der Waals surface area contributed by atoms with Crippen molar-refractivity contribution in [1.82, 2.24) is 24.8 Å². The number of hydrogen-bond donors (Lipinski definition) is 2. The lowest BCUT2D eigenvalue weighted by Gasteiger charge is -2.11. The summed E-state index contributed by atoms with van der Waals surface area (Å²) in [6.07, 6.45) is 3.27. The molecule has 1 aliphatic heterocycles. The highest BCUT2D eigenvalue weighted by molar-refractivity contribution is 7.89. The summed E-state index contributed by atoms with van der Waals surface area (Å²) in [7, 11) is -3.73. The van der Waals surface area contributed by atoms with Gasteiger partial charge in [0.1, 0.15) is 10.6 Å². The van der Waals surface area contributed by atoms with E-state index in [9.17, 15) is 13.2 Å². The molecule has 0 unspecified atom stereocenters. The van der Waals surface area contributed by atoms with Crippen molar-refractivity contribution in [3.63, 3.8) is 0 Å². The molecule has 3 heterocycles. The van der Waals surface area contributed by atoms with E-state index in [0.717, 1.165) is 24.0 Å². The number of rotatable bonds is 6. The normalized spacial score (nSPS) is 14.4. The predicted molar refractivity (Wildman–Crippen MR) is 104 cm³/mol. The molecule has 2 aromatic heterocycles. The fourth-order valence-electron chi connectivity index (χ4n) is 3.19. The van der Waals surface area contributed by atoms with Crippen molar-refractivity contribution < 1.29 is 17.6 Å². The van der Waals surface area contributed by atoms with Crippen LogP contribution in [0.15, 0.2) is 45.8 Å². The molecule has 3 aromatic rings. The third-order valence-electron chi connectivity index (χ3n) is 4.91. The monoisotopic (exact) mass is 415 g/mol. The summed E-state index contributed by atoms with van der Waals surface area (Å²) in [6.45, 7) is 3.46. The summed E-state index contributed by atoms with van der Waals surface area (Å²) in [5.74, 6) is -0.341. The molecule has 152 valence electrons. The Labute approximate surface area is 168 Å². The van der Waals surface area contributed by atoms with Crippen LogP contribution >= 0.6 is 0 Å². The minimum absolute atomic E-state index is 0.0479. The Balaban J connectivity index is 1.48. The summed E-state index contributed by atoms with van der Waals surface area (Å²) in [6, 6.07) is 8.96. The zero-order chi connectivity index (χ0) is 20.4. The van der Waals surface area contributed by atoms with Crippen molar-refractivity contribution in [2.24, 2.45) is 0 Å². The van der Waals surface area contributed by atoms with E-state index in [1.54, 1.807) is 4.90 Å². The molecule has 0 saturated carbocycles. The van der Waals surface area contributed by atoms with Crippen LogP contribution in [-0.4, -0.2) is 47.5 Å². The van der Waals surface area contributed by atoms with Gasteiger partial charge >= 0.3 is 11.8 Å². The molecule has 9 nitrogen and oxygen atoms in total. The van der Waals surface area contributed by atoms with Crippen LogP contribution in [0.5, 0.6) is 0 Å². The lowest BCUT2D eigenvalue weighted by molar-refractivity contribution is 0.0754. The number of carbonyl (C=O) groups is 1. The Hall–Kier alpha value is -2.98. The lowest BCUT2D eigenvalue weighted by Crippen LogP contribution is -2.27. The van der Waals surface area contributed by atoms with Crippen LogP contribution in [0, 0.1) is 6.92 Å². The topological polar surface area (TPSA) is 121 Å². The molecule has 1 saturated heterocycles. The first-order valence-corrected chi connectivity index (χ1v) is 10.8. The number of H-pyrrole nitrogens is 1. The number of sulfonamides is 1. The fourth-order valence-corrected chi connectivity index (χ4v) is 4.19. The summed E-state index contributed by atoms with van der Waals surface area (Å²) in [4.78, 5) is 16.8. The standard InChI is InChI=1S/C19H21N5O4S/c1-13-6-2-3-7-14(13)11-21-29(26,27)15-10-16(20-12-15)17-22-23-18(28-17)19(25)24-8-4-5-9-24/h2-3,6-7,10,12,20-21H,4-5,8-9,11H2,1H3. The average molecular weight is 415 g/mol. The lowest BCUT2D eigenvalue weighted by atomic mass is 10.1. The summed E-state index contributed by atoms with van der Waals surface area (Å²) in [5, 5.41) is 7.67. The third kappa shape index (κ3) is 4.08. The molecular weight excluding hydrogens is 394 g/mol. The molecular formula is C19H21N5O4S. The Morgan fingerprint density at radius 2 is 2.00 bits per heavy atom. The van der Waals surface area contributed by atoms with E-state index in [4.69, 9.17) is 4.42 Å². The molecule has 1 aliphatic rings. The van der Waals surface area contributed by atoms with Gasteiger partial charge in [0.25, 0.3) is 5.89 Å². The van der Waals surface area contributed by atoms with Gasteiger partial charge in [0, 0.05) is 25.8 Å². The van der Waals surface area contributed by atoms with Gasteiger partial charge in [0.15, 0.2) is 0 Å². The molecule has 1 amide bonds. The van der Waals surface area contributed by atoms with E-state index in [1.807, 2.05) is 31.2 Å². The van der Waals surface area contributed by atoms with Crippen molar-refractivity contribution in [1.29, 1.82) is 0 Å². The van der Waals surface area contributed by atoms with E-state index in [1.165, 1.54) is 12.3 Å². The van der Waals surface area contributed by atoms with Gasteiger partial charge in [0.2, 0.25) is 10.0 Å². The highest BCUT2D eigenvalue weighted by atomic mass is 32.2.